The van der Waals surface area contributed by atoms with Crippen LogP contribution in [0.3, 0.4) is 0 Å². The van der Waals surface area contributed by atoms with E-state index >= 15 is 0 Å². The average Bonchev–Trinajstić information content (AvgIpc) is 2.77. The van der Waals surface area contributed by atoms with E-state index in [2.05, 4.69) is 41.8 Å². The fourth-order valence-electron chi connectivity index (χ4n) is 2.52. The van der Waals surface area contributed by atoms with Crippen molar-refractivity contribution in [2.24, 2.45) is 5.92 Å². The van der Waals surface area contributed by atoms with Crippen molar-refractivity contribution >= 4 is 5.95 Å². The molecule has 0 atom stereocenters. The zero-order valence-corrected chi connectivity index (χ0v) is 10.7. The molecule has 0 saturated heterocycles. The van der Waals surface area contributed by atoms with Crippen LogP contribution in [0.4, 0.5) is 5.95 Å². The molecule has 0 aliphatic heterocycles. The molecule has 2 rings (SSSR count). The molecule has 1 N–H and O–H groups in total. The van der Waals surface area contributed by atoms with Crippen LogP contribution in [0, 0.1) is 5.92 Å². The first-order chi connectivity index (χ1) is 7.59. The van der Waals surface area contributed by atoms with Gasteiger partial charge in [-0.2, -0.15) is 0 Å². The van der Waals surface area contributed by atoms with Gasteiger partial charge in [0.2, 0.25) is 5.95 Å². The highest BCUT2D eigenvalue weighted by atomic mass is 15.2. The summed E-state index contributed by atoms with van der Waals surface area (Å²) in [6.45, 7) is 7.83. The minimum Gasteiger partial charge on any atom is -0.351 e. The van der Waals surface area contributed by atoms with Crippen molar-refractivity contribution in [3.05, 3.63) is 12.4 Å². The molecule has 90 valence electrons. The lowest BCUT2D eigenvalue weighted by atomic mass is 10.0. The van der Waals surface area contributed by atoms with E-state index in [4.69, 9.17) is 0 Å². The van der Waals surface area contributed by atoms with Gasteiger partial charge in [-0.15, -0.1) is 0 Å². The molecule has 1 aliphatic carbocycles. The lowest BCUT2D eigenvalue weighted by Gasteiger charge is -2.26. The van der Waals surface area contributed by atoms with E-state index in [1.165, 1.54) is 25.7 Å². The third kappa shape index (κ3) is 2.57. The van der Waals surface area contributed by atoms with Crippen LogP contribution in [0.25, 0.3) is 0 Å². The van der Waals surface area contributed by atoms with Crippen molar-refractivity contribution in [2.75, 3.05) is 5.32 Å². The Kier molecular flexibility index (Phi) is 3.22. The molecule has 3 nitrogen and oxygen atoms in total. The molecule has 1 aromatic rings. The maximum absolute atomic E-state index is 4.43. The summed E-state index contributed by atoms with van der Waals surface area (Å²) in [5, 5.41) is 3.62. The van der Waals surface area contributed by atoms with Gasteiger partial charge in [0.05, 0.1) is 0 Å². The Morgan fingerprint density at radius 1 is 1.44 bits per heavy atom. The van der Waals surface area contributed by atoms with Crippen molar-refractivity contribution < 1.29 is 0 Å². The van der Waals surface area contributed by atoms with Crippen LogP contribution in [0.5, 0.6) is 0 Å². The molecule has 1 aliphatic rings. The maximum atomic E-state index is 4.43. The van der Waals surface area contributed by atoms with Crippen molar-refractivity contribution in [3.63, 3.8) is 0 Å². The molecule has 1 aromatic heterocycles. The molecular formula is C13H23N3. The van der Waals surface area contributed by atoms with Crippen LogP contribution >= 0.6 is 0 Å². The summed E-state index contributed by atoms with van der Waals surface area (Å²) in [6, 6.07) is 0. The van der Waals surface area contributed by atoms with Crippen LogP contribution < -0.4 is 5.32 Å². The molecule has 0 amide bonds. The largest absolute Gasteiger partial charge is 0.351 e. The molecule has 0 radical (unpaired) electrons. The molecule has 1 fully saturated rings. The van der Waals surface area contributed by atoms with Crippen LogP contribution in [0.2, 0.25) is 0 Å². The Morgan fingerprint density at radius 3 is 2.75 bits per heavy atom. The molecule has 3 heteroatoms. The molecule has 1 heterocycles. The highest BCUT2D eigenvalue weighted by Gasteiger charge is 2.29. The van der Waals surface area contributed by atoms with Gasteiger partial charge in [-0.25, -0.2) is 4.98 Å². The summed E-state index contributed by atoms with van der Waals surface area (Å²) >= 11 is 0. The number of hydrogen-bond donors (Lipinski definition) is 1. The van der Waals surface area contributed by atoms with Crippen LogP contribution in [-0.4, -0.2) is 15.1 Å². The quantitative estimate of drug-likeness (QED) is 0.845. The van der Waals surface area contributed by atoms with Gasteiger partial charge in [-0.3, -0.25) is 0 Å². The lowest BCUT2D eigenvalue weighted by molar-refractivity contribution is 0.497. The van der Waals surface area contributed by atoms with Gasteiger partial charge in [-0.1, -0.05) is 26.7 Å². The van der Waals surface area contributed by atoms with Gasteiger partial charge in [0.1, 0.15) is 0 Å². The van der Waals surface area contributed by atoms with E-state index in [1.807, 2.05) is 6.20 Å². The number of aromatic nitrogens is 2. The molecule has 0 aromatic carbocycles. The Morgan fingerprint density at radius 2 is 2.12 bits per heavy atom. The molecule has 16 heavy (non-hydrogen) atoms. The van der Waals surface area contributed by atoms with Gasteiger partial charge in [0.25, 0.3) is 0 Å². The van der Waals surface area contributed by atoms with E-state index in [1.54, 1.807) is 0 Å². The lowest BCUT2D eigenvalue weighted by Crippen LogP contribution is -2.32. The van der Waals surface area contributed by atoms with Crippen molar-refractivity contribution in [1.82, 2.24) is 9.55 Å². The fourth-order valence-corrected chi connectivity index (χ4v) is 2.52. The molecule has 1 saturated carbocycles. The Hall–Kier alpha value is -0.990. The second-order valence-corrected chi connectivity index (χ2v) is 5.69. The standard InChI is InChI=1S/C13H23N3/c1-11(2)10-16-9-8-14-12(16)15-13(3)6-4-5-7-13/h8-9,11H,4-7,10H2,1-3H3,(H,14,15). The number of hydrogen-bond acceptors (Lipinski definition) is 2. The highest BCUT2D eigenvalue weighted by Crippen LogP contribution is 2.32. The van der Waals surface area contributed by atoms with Gasteiger partial charge in [-0.05, 0) is 25.7 Å². The van der Waals surface area contributed by atoms with E-state index in [9.17, 15) is 0 Å². The number of anilines is 1. The normalized spacial score (nSPS) is 19.2. The SMILES string of the molecule is CC(C)Cn1ccnc1NC1(C)CCCC1. The van der Waals surface area contributed by atoms with Crippen molar-refractivity contribution in [1.29, 1.82) is 0 Å². The van der Waals surface area contributed by atoms with Crippen LogP contribution in [0.15, 0.2) is 12.4 Å². The minimum absolute atomic E-state index is 0.264. The smallest absolute Gasteiger partial charge is 0.203 e. The molecule has 0 spiro atoms. The second-order valence-electron chi connectivity index (χ2n) is 5.69. The minimum atomic E-state index is 0.264. The highest BCUT2D eigenvalue weighted by molar-refractivity contribution is 5.31. The average molecular weight is 221 g/mol. The number of nitrogens with zero attached hydrogens (tertiary/aromatic N) is 2. The summed E-state index contributed by atoms with van der Waals surface area (Å²) in [5.74, 6) is 1.70. The third-order valence-electron chi connectivity index (χ3n) is 3.40. The summed E-state index contributed by atoms with van der Waals surface area (Å²) in [4.78, 5) is 4.43. The van der Waals surface area contributed by atoms with Gasteiger partial charge < -0.3 is 9.88 Å². The van der Waals surface area contributed by atoms with Gasteiger partial charge in [0.15, 0.2) is 0 Å². The predicted octanol–water partition coefficient (Wildman–Crippen LogP) is 3.28. The van der Waals surface area contributed by atoms with E-state index in [0.29, 0.717) is 5.92 Å². The first-order valence-electron chi connectivity index (χ1n) is 6.38. The number of nitrogens with one attached hydrogen (secondary N) is 1. The van der Waals surface area contributed by atoms with E-state index in [-0.39, 0.29) is 5.54 Å². The second kappa shape index (κ2) is 4.48. The summed E-state index contributed by atoms with van der Waals surface area (Å²) < 4.78 is 2.23. The van der Waals surface area contributed by atoms with Crippen molar-refractivity contribution in [3.8, 4) is 0 Å². The zero-order valence-electron chi connectivity index (χ0n) is 10.7. The molecular weight excluding hydrogens is 198 g/mol. The molecule has 0 unspecified atom stereocenters. The number of imidazole rings is 1. The summed E-state index contributed by atoms with van der Waals surface area (Å²) in [7, 11) is 0. The zero-order chi connectivity index (χ0) is 11.6. The Bertz CT molecular complexity index is 335. The van der Waals surface area contributed by atoms with Gasteiger partial charge in [0, 0.05) is 24.5 Å². The summed E-state index contributed by atoms with van der Waals surface area (Å²) in [5.41, 5.74) is 0.264. The topological polar surface area (TPSA) is 29.9 Å². The predicted molar refractivity (Wildman–Crippen MR) is 67.6 cm³/mol. The number of rotatable bonds is 4. The fraction of sp³-hybridized carbons (Fsp3) is 0.769. The first-order valence-corrected chi connectivity index (χ1v) is 6.38. The monoisotopic (exact) mass is 221 g/mol. The van der Waals surface area contributed by atoms with E-state index in [0.717, 1.165) is 12.5 Å². The Balaban J connectivity index is 2.06. The van der Waals surface area contributed by atoms with E-state index < -0.39 is 0 Å². The van der Waals surface area contributed by atoms with Crippen LogP contribution in [-0.2, 0) is 6.54 Å². The van der Waals surface area contributed by atoms with Gasteiger partial charge >= 0.3 is 0 Å². The third-order valence-corrected chi connectivity index (χ3v) is 3.40. The maximum Gasteiger partial charge on any atom is 0.203 e. The first kappa shape index (κ1) is 11.5. The van der Waals surface area contributed by atoms with Crippen molar-refractivity contribution in [2.45, 2.75) is 58.5 Å². The summed E-state index contributed by atoms with van der Waals surface area (Å²) in [6.07, 6.45) is 9.18. The van der Waals surface area contributed by atoms with Crippen LogP contribution in [0.1, 0.15) is 46.5 Å². The Labute approximate surface area is 98.3 Å². The molecule has 0 bridgehead atoms.